The van der Waals surface area contributed by atoms with E-state index in [1.807, 2.05) is 13.8 Å². The summed E-state index contributed by atoms with van der Waals surface area (Å²) in [6.45, 7) is 6.17. The van der Waals surface area contributed by atoms with E-state index in [-0.39, 0.29) is 17.4 Å². The number of carbonyl (C=O) groups excluding carboxylic acids is 1. The van der Waals surface area contributed by atoms with E-state index < -0.39 is 0 Å². The summed E-state index contributed by atoms with van der Waals surface area (Å²) in [6, 6.07) is 3.28. The van der Waals surface area contributed by atoms with Crippen LogP contribution in [0.4, 0.5) is 5.69 Å². The first kappa shape index (κ1) is 17.2. The second kappa shape index (κ2) is 7.08. The molecule has 1 aliphatic heterocycles. The van der Waals surface area contributed by atoms with Crippen LogP contribution >= 0.6 is 0 Å². The van der Waals surface area contributed by atoms with Crippen molar-refractivity contribution in [3.05, 3.63) is 40.1 Å². The number of aromatic nitrogens is 3. The maximum Gasteiger partial charge on any atom is 0.273 e. The third-order valence-corrected chi connectivity index (χ3v) is 4.49. The van der Waals surface area contributed by atoms with Crippen LogP contribution in [0, 0.1) is 5.92 Å². The molecule has 0 aliphatic carbocycles. The number of hydrogen-bond donors (Lipinski definition) is 1. The molecule has 1 amide bonds. The number of amides is 1. The summed E-state index contributed by atoms with van der Waals surface area (Å²) in [7, 11) is 1.63. The summed E-state index contributed by atoms with van der Waals surface area (Å²) < 4.78 is 6.46. The standard InChI is InChI=1S/C17H23N5O3/c1-11(2)15-7-14(20-25-15)17(24)18-8-12-4-5-22(10-12)13-6-16(23)21(3)19-9-13/h6-7,9,11-12H,4-5,8,10H2,1-3H3,(H,18,24)/t12-/m1/s1. The summed E-state index contributed by atoms with van der Waals surface area (Å²) in [5, 5.41) is 10.8. The zero-order chi connectivity index (χ0) is 18.0. The SMILES string of the molecule is CC(C)c1cc(C(=O)NC[C@H]2CCN(c3cnn(C)c(=O)c3)C2)no1. The predicted octanol–water partition coefficient (Wildman–Crippen LogP) is 1.15. The topological polar surface area (TPSA) is 93.3 Å². The van der Waals surface area contributed by atoms with Crippen molar-refractivity contribution >= 4 is 11.6 Å². The molecule has 3 rings (SSSR count). The Morgan fingerprint density at radius 1 is 1.44 bits per heavy atom. The third kappa shape index (κ3) is 3.89. The second-order valence-corrected chi connectivity index (χ2v) is 6.76. The largest absolute Gasteiger partial charge is 0.370 e. The fourth-order valence-electron chi connectivity index (χ4n) is 2.86. The molecule has 2 aromatic heterocycles. The number of aryl methyl sites for hydroxylation is 1. The minimum Gasteiger partial charge on any atom is -0.370 e. The van der Waals surface area contributed by atoms with E-state index in [0.717, 1.165) is 25.2 Å². The van der Waals surface area contributed by atoms with Gasteiger partial charge in [-0.05, 0) is 12.3 Å². The molecule has 8 nitrogen and oxygen atoms in total. The van der Waals surface area contributed by atoms with E-state index in [9.17, 15) is 9.59 Å². The van der Waals surface area contributed by atoms with Crippen LogP contribution < -0.4 is 15.8 Å². The van der Waals surface area contributed by atoms with Crippen molar-refractivity contribution in [2.24, 2.45) is 13.0 Å². The van der Waals surface area contributed by atoms with E-state index in [1.54, 1.807) is 25.4 Å². The third-order valence-electron chi connectivity index (χ3n) is 4.49. The molecule has 0 spiro atoms. The summed E-state index contributed by atoms with van der Waals surface area (Å²) in [5.74, 6) is 1.01. The van der Waals surface area contributed by atoms with E-state index in [4.69, 9.17) is 4.52 Å². The Kier molecular flexibility index (Phi) is 4.87. The lowest BCUT2D eigenvalue weighted by Gasteiger charge is -2.18. The van der Waals surface area contributed by atoms with Gasteiger partial charge in [0.15, 0.2) is 5.69 Å². The number of nitrogens with one attached hydrogen (secondary N) is 1. The van der Waals surface area contributed by atoms with Gasteiger partial charge in [0.05, 0.1) is 11.9 Å². The lowest BCUT2D eigenvalue weighted by molar-refractivity contribution is 0.0939. The molecule has 0 unspecified atom stereocenters. The highest BCUT2D eigenvalue weighted by Crippen LogP contribution is 2.21. The first-order chi connectivity index (χ1) is 11.9. The number of carbonyl (C=O) groups is 1. The Morgan fingerprint density at radius 2 is 2.24 bits per heavy atom. The second-order valence-electron chi connectivity index (χ2n) is 6.76. The monoisotopic (exact) mass is 345 g/mol. The van der Waals surface area contributed by atoms with Crippen LogP contribution in [0.2, 0.25) is 0 Å². The summed E-state index contributed by atoms with van der Waals surface area (Å²) in [4.78, 5) is 26.0. The van der Waals surface area contributed by atoms with Gasteiger partial charge in [0.25, 0.3) is 11.5 Å². The number of nitrogens with zero attached hydrogens (tertiary/aromatic N) is 4. The van der Waals surface area contributed by atoms with Gasteiger partial charge >= 0.3 is 0 Å². The van der Waals surface area contributed by atoms with Crippen LogP contribution in [-0.4, -0.2) is 40.5 Å². The molecule has 1 fully saturated rings. The van der Waals surface area contributed by atoms with Crippen molar-refractivity contribution < 1.29 is 9.32 Å². The summed E-state index contributed by atoms with van der Waals surface area (Å²) >= 11 is 0. The zero-order valence-electron chi connectivity index (χ0n) is 14.7. The quantitative estimate of drug-likeness (QED) is 0.874. The predicted molar refractivity (Wildman–Crippen MR) is 92.7 cm³/mol. The van der Waals surface area contributed by atoms with Crippen LogP contribution in [0.25, 0.3) is 0 Å². The lowest BCUT2D eigenvalue weighted by atomic mass is 10.1. The van der Waals surface area contributed by atoms with Crippen molar-refractivity contribution in [1.82, 2.24) is 20.3 Å². The maximum atomic E-state index is 12.2. The average molecular weight is 345 g/mol. The molecule has 1 saturated heterocycles. The summed E-state index contributed by atoms with van der Waals surface area (Å²) in [6.07, 6.45) is 2.65. The normalized spacial score (nSPS) is 17.3. The highest BCUT2D eigenvalue weighted by Gasteiger charge is 2.24. The Balaban J connectivity index is 1.53. The summed E-state index contributed by atoms with van der Waals surface area (Å²) in [5.41, 5.74) is 1.02. The molecule has 0 bridgehead atoms. The molecule has 1 N–H and O–H groups in total. The molecule has 1 aliphatic rings. The van der Waals surface area contributed by atoms with E-state index >= 15 is 0 Å². The first-order valence-electron chi connectivity index (χ1n) is 8.47. The molecule has 1 atom stereocenters. The van der Waals surface area contributed by atoms with Crippen LogP contribution in [0.5, 0.6) is 0 Å². The molecule has 2 aromatic rings. The van der Waals surface area contributed by atoms with Gasteiger partial charge in [-0.3, -0.25) is 9.59 Å². The highest BCUT2D eigenvalue weighted by atomic mass is 16.5. The van der Waals surface area contributed by atoms with Gasteiger partial charge in [-0.25, -0.2) is 4.68 Å². The molecule has 0 radical (unpaired) electrons. The molecular formula is C17H23N5O3. The van der Waals surface area contributed by atoms with Crippen molar-refractivity contribution in [2.75, 3.05) is 24.5 Å². The fraction of sp³-hybridized carbons (Fsp3) is 0.529. The lowest BCUT2D eigenvalue weighted by Crippen LogP contribution is -2.31. The van der Waals surface area contributed by atoms with Crippen LogP contribution in [-0.2, 0) is 7.05 Å². The van der Waals surface area contributed by atoms with Crippen molar-refractivity contribution in [3.8, 4) is 0 Å². The maximum absolute atomic E-state index is 12.2. The van der Waals surface area contributed by atoms with Crippen LogP contribution in [0.3, 0.4) is 0 Å². The van der Waals surface area contributed by atoms with Crippen molar-refractivity contribution in [2.45, 2.75) is 26.2 Å². The van der Waals surface area contributed by atoms with Crippen LogP contribution in [0.15, 0.2) is 27.6 Å². The van der Waals surface area contributed by atoms with E-state index in [0.29, 0.717) is 23.9 Å². The minimum atomic E-state index is -0.218. The zero-order valence-corrected chi connectivity index (χ0v) is 14.7. The van der Waals surface area contributed by atoms with Crippen molar-refractivity contribution in [3.63, 3.8) is 0 Å². The van der Waals surface area contributed by atoms with Gasteiger partial charge in [0.1, 0.15) is 5.76 Å². The minimum absolute atomic E-state index is 0.124. The smallest absolute Gasteiger partial charge is 0.273 e. The molecule has 0 aromatic carbocycles. The first-order valence-corrected chi connectivity index (χ1v) is 8.47. The van der Waals surface area contributed by atoms with E-state index in [2.05, 4.69) is 20.5 Å². The highest BCUT2D eigenvalue weighted by molar-refractivity contribution is 5.92. The molecule has 25 heavy (non-hydrogen) atoms. The molecule has 0 saturated carbocycles. The number of rotatable bonds is 5. The Hall–Kier alpha value is -2.64. The Bertz CT molecular complexity index is 811. The van der Waals surface area contributed by atoms with E-state index in [1.165, 1.54) is 4.68 Å². The number of anilines is 1. The Morgan fingerprint density at radius 3 is 2.92 bits per heavy atom. The molecule has 3 heterocycles. The van der Waals surface area contributed by atoms with Crippen molar-refractivity contribution in [1.29, 1.82) is 0 Å². The average Bonchev–Trinajstić information content (AvgIpc) is 3.24. The molecule has 134 valence electrons. The van der Waals surface area contributed by atoms with Gasteiger partial charge in [0, 0.05) is 44.7 Å². The van der Waals surface area contributed by atoms with Gasteiger partial charge in [0.2, 0.25) is 0 Å². The number of hydrogen-bond acceptors (Lipinski definition) is 6. The van der Waals surface area contributed by atoms with Gasteiger partial charge in [-0.2, -0.15) is 5.10 Å². The van der Waals surface area contributed by atoms with Gasteiger partial charge < -0.3 is 14.7 Å². The Labute approximate surface area is 145 Å². The fourth-order valence-corrected chi connectivity index (χ4v) is 2.86. The van der Waals surface area contributed by atoms with Gasteiger partial charge in [-0.1, -0.05) is 19.0 Å². The van der Waals surface area contributed by atoms with Gasteiger partial charge in [-0.15, -0.1) is 0 Å². The van der Waals surface area contributed by atoms with Crippen LogP contribution in [0.1, 0.15) is 42.4 Å². The molecular weight excluding hydrogens is 322 g/mol. The molecule has 8 heteroatoms.